The number of aliphatic hydroxyl groups is 1. The summed E-state index contributed by atoms with van der Waals surface area (Å²) in [6, 6.07) is 7.94. The standard InChI is InChI=1S/C16H22N2O2S/c1-3-8-18(16(20)15-9-13(19)10-17-15)11-12-4-6-14(21-2)7-5-12/h3-7,13,15,17,19H,1,8-11H2,2H3/t13-,15+/m1/s1. The molecule has 0 aromatic heterocycles. The number of amides is 1. The van der Waals surface area contributed by atoms with Gasteiger partial charge in [0.05, 0.1) is 12.1 Å². The largest absolute Gasteiger partial charge is 0.392 e. The van der Waals surface area contributed by atoms with E-state index < -0.39 is 6.10 Å². The van der Waals surface area contributed by atoms with Gasteiger partial charge in [0.1, 0.15) is 0 Å². The van der Waals surface area contributed by atoms with Crippen LogP contribution in [0.5, 0.6) is 0 Å². The van der Waals surface area contributed by atoms with Crippen molar-refractivity contribution in [3.8, 4) is 0 Å². The van der Waals surface area contributed by atoms with Crippen molar-refractivity contribution in [1.29, 1.82) is 0 Å². The first-order valence-electron chi connectivity index (χ1n) is 7.08. The van der Waals surface area contributed by atoms with Crippen LogP contribution in [-0.2, 0) is 11.3 Å². The lowest BCUT2D eigenvalue weighted by Crippen LogP contribution is -2.43. The fraction of sp³-hybridized carbons (Fsp3) is 0.438. The minimum atomic E-state index is -0.426. The van der Waals surface area contributed by atoms with Gasteiger partial charge in [0, 0.05) is 24.5 Å². The molecule has 2 rings (SSSR count). The molecule has 1 aliphatic rings. The molecule has 114 valence electrons. The fourth-order valence-corrected chi connectivity index (χ4v) is 2.87. The Hall–Kier alpha value is -1.30. The van der Waals surface area contributed by atoms with Crippen LogP contribution >= 0.6 is 11.8 Å². The first-order chi connectivity index (χ1) is 10.1. The molecule has 0 radical (unpaired) electrons. The first-order valence-corrected chi connectivity index (χ1v) is 8.30. The zero-order chi connectivity index (χ0) is 15.2. The number of thioether (sulfide) groups is 1. The maximum atomic E-state index is 12.5. The molecule has 0 saturated carbocycles. The van der Waals surface area contributed by atoms with Gasteiger partial charge in [-0.3, -0.25) is 4.79 Å². The van der Waals surface area contributed by atoms with Crippen molar-refractivity contribution in [2.45, 2.75) is 30.0 Å². The van der Waals surface area contributed by atoms with E-state index in [2.05, 4.69) is 24.0 Å². The van der Waals surface area contributed by atoms with Crippen LogP contribution < -0.4 is 5.32 Å². The molecule has 0 aliphatic carbocycles. The zero-order valence-electron chi connectivity index (χ0n) is 12.3. The molecular weight excluding hydrogens is 284 g/mol. The predicted octanol–water partition coefficient (Wildman–Crippen LogP) is 1.65. The highest BCUT2D eigenvalue weighted by Gasteiger charge is 2.30. The van der Waals surface area contributed by atoms with E-state index in [4.69, 9.17) is 0 Å². The molecule has 21 heavy (non-hydrogen) atoms. The van der Waals surface area contributed by atoms with E-state index in [1.807, 2.05) is 18.4 Å². The summed E-state index contributed by atoms with van der Waals surface area (Å²) in [6.45, 7) is 5.29. The second-order valence-corrected chi connectivity index (χ2v) is 6.09. The minimum Gasteiger partial charge on any atom is -0.392 e. The van der Waals surface area contributed by atoms with Gasteiger partial charge < -0.3 is 15.3 Å². The van der Waals surface area contributed by atoms with Gasteiger partial charge in [-0.05, 0) is 30.4 Å². The van der Waals surface area contributed by atoms with Crippen LogP contribution in [-0.4, -0.2) is 47.4 Å². The number of β-amino-alcohol motifs (C(OH)–C–C–N with tert-alkyl or cyclic N) is 1. The highest BCUT2D eigenvalue weighted by atomic mass is 32.2. The Kier molecular flexibility index (Phi) is 5.85. The molecule has 1 amide bonds. The minimum absolute atomic E-state index is 0.0281. The maximum Gasteiger partial charge on any atom is 0.240 e. The second-order valence-electron chi connectivity index (χ2n) is 5.21. The van der Waals surface area contributed by atoms with Gasteiger partial charge in [-0.25, -0.2) is 0 Å². The molecule has 0 bridgehead atoms. The van der Waals surface area contributed by atoms with Crippen molar-refractivity contribution in [3.63, 3.8) is 0 Å². The van der Waals surface area contributed by atoms with Crippen LogP contribution in [0.1, 0.15) is 12.0 Å². The van der Waals surface area contributed by atoms with Gasteiger partial charge in [-0.1, -0.05) is 18.2 Å². The molecule has 1 saturated heterocycles. The van der Waals surface area contributed by atoms with Crippen molar-refractivity contribution in [2.75, 3.05) is 19.3 Å². The molecule has 4 nitrogen and oxygen atoms in total. The van der Waals surface area contributed by atoms with E-state index in [9.17, 15) is 9.90 Å². The van der Waals surface area contributed by atoms with Crippen molar-refractivity contribution in [2.24, 2.45) is 0 Å². The highest BCUT2D eigenvalue weighted by Crippen LogP contribution is 2.17. The van der Waals surface area contributed by atoms with Crippen LogP contribution in [0, 0.1) is 0 Å². The zero-order valence-corrected chi connectivity index (χ0v) is 13.1. The van der Waals surface area contributed by atoms with E-state index in [1.165, 1.54) is 4.90 Å². The van der Waals surface area contributed by atoms with Crippen LogP contribution in [0.3, 0.4) is 0 Å². The molecule has 1 aromatic carbocycles. The van der Waals surface area contributed by atoms with Crippen LogP contribution in [0.4, 0.5) is 0 Å². The Labute approximate surface area is 130 Å². The summed E-state index contributed by atoms with van der Waals surface area (Å²) >= 11 is 1.70. The van der Waals surface area contributed by atoms with Gasteiger partial charge in [0.25, 0.3) is 0 Å². The summed E-state index contributed by atoms with van der Waals surface area (Å²) in [7, 11) is 0. The third-order valence-corrected chi connectivity index (χ3v) is 4.34. The van der Waals surface area contributed by atoms with Gasteiger partial charge in [-0.15, -0.1) is 18.3 Å². The molecule has 0 spiro atoms. The van der Waals surface area contributed by atoms with E-state index in [-0.39, 0.29) is 11.9 Å². The topological polar surface area (TPSA) is 52.6 Å². The smallest absolute Gasteiger partial charge is 0.240 e. The predicted molar refractivity (Wildman–Crippen MR) is 86.3 cm³/mol. The molecule has 1 fully saturated rings. The lowest BCUT2D eigenvalue weighted by molar-refractivity contribution is -0.133. The number of benzene rings is 1. The van der Waals surface area contributed by atoms with Crippen molar-refractivity contribution >= 4 is 17.7 Å². The average Bonchev–Trinajstić information content (AvgIpc) is 2.93. The van der Waals surface area contributed by atoms with Crippen molar-refractivity contribution < 1.29 is 9.90 Å². The van der Waals surface area contributed by atoms with E-state index in [0.717, 1.165) is 5.56 Å². The Bertz CT molecular complexity index is 490. The van der Waals surface area contributed by atoms with Crippen molar-refractivity contribution in [3.05, 3.63) is 42.5 Å². The van der Waals surface area contributed by atoms with E-state index in [1.54, 1.807) is 22.7 Å². The Morgan fingerprint density at radius 2 is 2.24 bits per heavy atom. The first kappa shape index (κ1) is 16.1. The molecular formula is C16H22N2O2S. The molecule has 1 aromatic rings. The van der Waals surface area contributed by atoms with E-state index in [0.29, 0.717) is 26.1 Å². The lowest BCUT2D eigenvalue weighted by atomic mass is 10.1. The number of carbonyl (C=O) groups excluding carboxylic acids is 1. The number of hydrogen-bond donors (Lipinski definition) is 2. The van der Waals surface area contributed by atoms with Crippen LogP contribution in [0.25, 0.3) is 0 Å². The SMILES string of the molecule is C=CCN(Cc1ccc(SC)cc1)C(=O)[C@@H]1C[C@@H](O)CN1. The summed E-state index contributed by atoms with van der Waals surface area (Å²) in [5.41, 5.74) is 1.10. The lowest BCUT2D eigenvalue weighted by Gasteiger charge is -2.24. The van der Waals surface area contributed by atoms with E-state index >= 15 is 0 Å². The summed E-state index contributed by atoms with van der Waals surface area (Å²) in [5.74, 6) is 0.0281. The highest BCUT2D eigenvalue weighted by molar-refractivity contribution is 7.98. The third kappa shape index (κ3) is 4.33. The molecule has 5 heteroatoms. The average molecular weight is 306 g/mol. The molecule has 2 N–H and O–H groups in total. The fourth-order valence-electron chi connectivity index (χ4n) is 2.47. The van der Waals surface area contributed by atoms with Crippen molar-refractivity contribution in [1.82, 2.24) is 10.2 Å². The number of carbonyl (C=O) groups is 1. The molecule has 2 atom stereocenters. The third-order valence-electron chi connectivity index (χ3n) is 3.60. The summed E-state index contributed by atoms with van der Waals surface area (Å²) in [6.07, 6.45) is 3.84. The second kappa shape index (κ2) is 7.64. The quantitative estimate of drug-likeness (QED) is 0.620. The van der Waals surface area contributed by atoms with Gasteiger partial charge >= 0.3 is 0 Å². The molecule has 1 aliphatic heterocycles. The normalized spacial score (nSPS) is 21.2. The number of hydrogen-bond acceptors (Lipinski definition) is 4. The van der Waals surface area contributed by atoms with Crippen LogP contribution in [0.15, 0.2) is 41.8 Å². The summed E-state index contributed by atoms with van der Waals surface area (Å²) < 4.78 is 0. The summed E-state index contributed by atoms with van der Waals surface area (Å²) in [5, 5.41) is 12.6. The monoisotopic (exact) mass is 306 g/mol. The Morgan fingerprint density at radius 1 is 1.52 bits per heavy atom. The van der Waals surface area contributed by atoms with Crippen LogP contribution in [0.2, 0.25) is 0 Å². The van der Waals surface area contributed by atoms with Gasteiger partial charge in [-0.2, -0.15) is 0 Å². The summed E-state index contributed by atoms with van der Waals surface area (Å²) in [4.78, 5) is 15.5. The number of rotatable bonds is 6. The molecule has 1 heterocycles. The number of nitrogens with one attached hydrogen (secondary N) is 1. The number of nitrogens with zero attached hydrogens (tertiary/aromatic N) is 1. The molecule has 0 unspecified atom stereocenters. The van der Waals surface area contributed by atoms with Gasteiger partial charge in [0.15, 0.2) is 0 Å². The maximum absolute atomic E-state index is 12.5. The van der Waals surface area contributed by atoms with Gasteiger partial charge in [0.2, 0.25) is 5.91 Å². The Balaban J connectivity index is 2.03. The number of aliphatic hydroxyl groups excluding tert-OH is 1. The Morgan fingerprint density at radius 3 is 2.76 bits per heavy atom.